The summed E-state index contributed by atoms with van der Waals surface area (Å²) < 4.78 is 0. The monoisotopic (exact) mass is 1490 g/mol. The molecule has 0 rings (SSSR count). The number of aliphatic carboxylic acids is 3. The fourth-order valence-corrected chi connectivity index (χ4v) is 9.55. The Morgan fingerprint density at radius 3 is 1.05 bits per heavy atom. The summed E-state index contributed by atoms with van der Waals surface area (Å²) in [7, 11) is 0. The average molecular weight is 1490 g/mol. The minimum absolute atomic E-state index is 0.0370. The highest BCUT2D eigenvalue weighted by atomic mass is 32.2. The van der Waals surface area contributed by atoms with Crippen LogP contribution in [0, 0.1) is 5.92 Å². The van der Waals surface area contributed by atoms with Gasteiger partial charge < -0.3 is 123 Å². The molecule has 15 amide bonds. The predicted molar refractivity (Wildman–Crippen MR) is 367 cm³/mol. The van der Waals surface area contributed by atoms with Crippen LogP contribution < -0.4 is 97.4 Å². The Kier molecular flexibility index (Phi) is 45.5. The number of carbonyl (C=O) groups excluding carboxylic acids is 15. The van der Waals surface area contributed by atoms with Crippen LogP contribution in [0.3, 0.4) is 0 Å². The molecule has 0 aliphatic heterocycles. The lowest BCUT2D eigenvalue weighted by atomic mass is 10.0. The Bertz CT molecular complexity index is 2910. The number of rotatable bonds is 53. The summed E-state index contributed by atoms with van der Waals surface area (Å²) in [6, 6.07) is -21.0. The van der Waals surface area contributed by atoms with Gasteiger partial charge in [0.15, 0.2) is 0 Å². The van der Waals surface area contributed by atoms with Crippen LogP contribution in [0.4, 0.5) is 0 Å². The number of hydrogen-bond donors (Lipinski definition) is 23. The molecule has 0 aromatic heterocycles. The van der Waals surface area contributed by atoms with E-state index in [1.807, 2.05) is 0 Å². The molecule has 0 bridgehead atoms. The number of amides is 15. The molecule has 0 heterocycles. The molecule has 0 radical (unpaired) electrons. The SMILES string of the molecule is CSCC[C@H](NC(=O)[C@@H](N)CO)C(=O)N[C@@H](CCC(N)=O)C(=O)N[C@@H](C)C(=O)N[C@@H](CO)C(=O)N[C@@H](CC(C)C)C(=O)N[C@@H](CCC(=O)O)C(=O)N[C@@H](C)C(=O)N[C@@H](CCC(=O)O)C(=O)N[C@@H](C)C(=O)N[C@@H](CCCCN)C(=O)NCC(=O)N[C@@H](CCCCN)C(=O)N[C@@H](C)C(=O)N[C@@H](C)C(=O)O. The van der Waals surface area contributed by atoms with Gasteiger partial charge in [0.2, 0.25) is 88.6 Å². The maximum atomic E-state index is 14.0. The number of thioether (sulfide) groups is 1. The summed E-state index contributed by atoms with van der Waals surface area (Å²) in [4.78, 5) is 234. The third kappa shape index (κ3) is 38.5. The molecule has 27 N–H and O–H groups in total. The number of carbonyl (C=O) groups is 18. The zero-order chi connectivity index (χ0) is 78.8. The highest BCUT2D eigenvalue weighted by Gasteiger charge is 2.36. The molecule has 0 aromatic carbocycles. The Hall–Kier alpha value is -9.39. The van der Waals surface area contributed by atoms with E-state index in [0.29, 0.717) is 25.0 Å². The quantitative estimate of drug-likeness (QED) is 0.0252. The molecule has 0 spiro atoms. The molecule has 584 valence electrons. The maximum absolute atomic E-state index is 14.0. The lowest BCUT2D eigenvalue weighted by Crippen LogP contribution is -2.60. The van der Waals surface area contributed by atoms with Gasteiger partial charge in [0.1, 0.15) is 84.6 Å². The van der Waals surface area contributed by atoms with Gasteiger partial charge in [0.25, 0.3) is 0 Å². The van der Waals surface area contributed by atoms with E-state index in [4.69, 9.17) is 28.0 Å². The van der Waals surface area contributed by atoms with Crippen molar-refractivity contribution in [2.24, 2.45) is 28.9 Å². The fourth-order valence-electron chi connectivity index (χ4n) is 9.08. The maximum Gasteiger partial charge on any atom is 0.325 e. The third-order valence-corrected chi connectivity index (χ3v) is 15.8. The Balaban J connectivity index is 6.39. The molecule has 0 aliphatic rings. The van der Waals surface area contributed by atoms with Crippen molar-refractivity contribution in [1.29, 1.82) is 0 Å². The minimum Gasteiger partial charge on any atom is -0.481 e. The number of hydrogen-bond acceptors (Lipinski definition) is 24. The van der Waals surface area contributed by atoms with E-state index in [9.17, 15) is 107 Å². The number of nitrogens with one attached hydrogen (secondary N) is 14. The standard InChI is InChI=1S/C61H106N18O23S/c1-29(2)25-42(78-60(100)43(28-81)79-51(91)33(6)70-55(95)38(15-18-44(65)82)76-58(98)41(21-24-103-8)75-52(92)35(64)27-80)59(99)77-40(17-20-47(86)87)57(97)69-32(5)50(90)74-39(16-19-46(84)85)56(96)68-31(4)49(89)73-36(13-9-11-22-62)53(93)66-26-45(83)72-37(14-10-12-23-63)54(94)67-30(3)48(88)71-34(7)61(101)102/h29-43,80-81H,9-28,62-64H2,1-8H3,(H2,65,82)(H,66,93)(H,67,94)(H,68,96)(H,69,97)(H,70,95)(H,71,88)(H,72,83)(H,73,89)(H,74,90)(H,75,92)(H,76,98)(H,77,99)(H,78,100)(H,79,91)(H,84,85)(H,86,87)(H,101,102)/t30-,31-,32-,33-,34-,35-,36-,37-,38-,39-,40-,41-,42-,43-/m0/s1. The van der Waals surface area contributed by atoms with Crippen LogP contribution in [0.2, 0.25) is 0 Å². The average Bonchev–Trinajstić information content (AvgIpc) is 0.876. The van der Waals surface area contributed by atoms with Gasteiger partial charge in [-0.3, -0.25) is 86.3 Å². The predicted octanol–water partition coefficient (Wildman–Crippen LogP) is -9.05. The summed E-state index contributed by atoms with van der Waals surface area (Å²) in [5.41, 5.74) is 22.1. The molecular formula is C61H106N18O23S. The van der Waals surface area contributed by atoms with E-state index in [1.165, 1.54) is 32.5 Å². The molecule has 0 unspecified atom stereocenters. The molecule has 42 heteroatoms. The Morgan fingerprint density at radius 1 is 0.359 bits per heavy atom. The van der Waals surface area contributed by atoms with Gasteiger partial charge >= 0.3 is 17.9 Å². The first kappa shape index (κ1) is 93.6. The second kappa shape index (κ2) is 50.1. The largest absolute Gasteiger partial charge is 0.481 e. The van der Waals surface area contributed by atoms with Crippen molar-refractivity contribution < 1.29 is 112 Å². The van der Waals surface area contributed by atoms with Gasteiger partial charge in [-0.15, -0.1) is 0 Å². The molecule has 0 aromatic rings. The number of carboxylic acid groups (broad SMARTS) is 3. The van der Waals surface area contributed by atoms with Crippen molar-refractivity contribution in [3.8, 4) is 0 Å². The van der Waals surface area contributed by atoms with Gasteiger partial charge in [-0.25, -0.2) is 0 Å². The van der Waals surface area contributed by atoms with Crippen molar-refractivity contribution in [1.82, 2.24) is 74.4 Å². The van der Waals surface area contributed by atoms with Crippen LogP contribution in [-0.4, -0.2) is 261 Å². The van der Waals surface area contributed by atoms with Crippen LogP contribution in [0.1, 0.15) is 138 Å². The van der Waals surface area contributed by atoms with Gasteiger partial charge in [-0.1, -0.05) is 13.8 Å². The van der Waals surface area contributed by atoms with Crippen molar-refractivity contribution >= 4 is 118 Å². The molecule has 41 nitrogen and oxygen atoms in total. The second-order valence-corrected chi connectivity index (χ2v) is 25.6. The van der Waals surface area contributed by atoms with Crippen molar-refractivity contribution in [3.05, 3.63) is 0 Å². The molecule has 0 saturated heterocycles. The van der Waals surface area contributed by atoms with Gasteiger partial charge in [-0.2, -0.15) is 11.8 Å². The normalized spacial score (nSPS) is 15.1. The molecule has 0 aliphatic carbocycles. The van der Waals surface area contributed by atoms with E-state index in [-0.39, 0.29) is 45.2 Å². The summed E-state index contributed by atoms with van der Waals surface area (Å²) >= 11 is 1.31. The molecule has 14 atom stereocenters. The van der Waals surface area contributed by atoms with Crippen LogP contribution >= 0.6 is 11.8 Å². The summed E-state index contributed by atoms with van der Waals surface area (Å²) in [6.07, 6.45) is -0.565. The highest BCUT2D eigenvalue weighted by molar-refractivity contribution is 7.98. The molecule has 103 heavy (non-hydrogen) atoms. The van der Waals surface area contributed by atoms with Crippen LogP contribution in [-0.2, 0) is 86.3 Å². The topological polar surface area (TPSA) is 681 Å². The highest BCUT2D eigenvalue weighted by Crippen LogP contribution is 2.11. The van der Waals surface area contributed by atoms with E-state index in [0.717, 1.165) is 13.8 Å². The van der Waals surface area contributed by atoms with E-state index in [2.05, 4.69) is 74.4 Å². The van der Waals surface area contributed by atoms with E-state index < -0.39 is 255 Å². The summed E-state index contributed by atoms with van der Waals surface area (Å²) in [6.45, 7) is 7.02. The van der Waals surface area contributed by atoms with Gasteiger partial charge in [-0.05, 0) is 136 Å². The van der Waals surface area contributed by atoms with Crippen LogP contribution in [0.15, 0.2) is 0 Å². The number of unbranched alkanes of at least 4 members (excludes halogenated alkanes) is 2. The lowest BCUT2D eigenvalue weighted by Gasteiger charge is -2.27. The van der Waals surface area contributed by atoms with Crippen molar-refractivity contribution in [3.63, 3.8) is 0 Å². The van der Waals surface area contributed by atoms with E-state index in [1.54, 1.807) is 20.1 Å². The molecule has 0 saturated carbocycles. The number of carboxylic acids is 3. The number of aliphatic hydroxyl groups is 2. The summed E-state index contributed by atoms with van der Waals surface area (Å²) in [5, 5.41) is 80.6. The minimum atomic E-state index is -1.84. The van der Waals surface area contributed by atoms with Gasteiger partial charge in [0.05, 0.1) is 19.8 Å². The number of primary amides is 1. The third-order valence-electron chi connectivity index (χ3n) is 15.1. The Labute approximate surface area is 599 Å². The second-order valence-electron chi connectivity index (χ2n) is 24.6. The summed E-state index contributed by atoms with van der Waals surface area (Å²) in [5.74, 6) is -19.2. The zero-order valence-electron chi connectivity index (χ0n) is 59.1. The first-order valence-electron chi connectivity index (χ1n) is 33.3. The van der Waals surface area contributed by atoms with Crippen molar-refractivity contribution in [2.75, 3.05) is 44.9 Å². The van der Waals surface area contributed by atoms with Crippen LogP contribution in [0.25, 0.3) is 0 Å². The first-order valence-corrected chi connectivity index (χ1v) is 34.7. The number of nitrogens with two attached hydrogens (primary N) is 4. The van der Waals surface area contributed by atoms with Crippen molar-refractivity contribution in [2.45, 2.75) is 223 Å². The molecule has 0 fully saturated rings. The van der Waals surface area contributed by atoms with Gasteiger partial charge in [0, 0.05) is 19.3 Å². The Morgan fingerprint density at radius 2 is 0.680 bits per heavy atom. The zero-order valence-corrected chi connectivity index (χ0v) is 59.9. The fraction of sp³-hybridized carbons (Fsp3) is 0.705. The molecular weight excluding hydrogens is 1380 g/mol. The van der Waals surface area contributed by atoms with Crippen LogP contribution in [0.5, 0.6) is 0 Å². The van der Waals surface area contributed by atoms with E-state index >= 15 is 0 Å². The first-order chi connectivity index (χ1) is 48.3. The lowest BCUT2D eigenvalue weighted by molar-refractivity contribution is -0.141. The smallest absolute Gasteiger partial charge is 0.325 e. The number of aliphatic hydroxyl groups excluding tert-OH is 2.